The first-order valence-electron chi connectivity index (χ1n) is 14.0. The standard InChI is InChI=1S/C34H42N2O4/c1-23-21-25(19-20-29(23)27-16-10-7-11-17-27)13-12-18-28(22-30(37)38)32(39)36-31(34(3,4)5)33(40)35-24(2)26-14-8-6-9-15-26/h6-11,14-17,19-21,24,28,31H,12-13,18,22H2,1-5H3,(H,35,40)(H,36,39)(H,37,38)/t24-,28?,31-/m1/s1. The topological polar surface area (TPSA) is 95.5 Å². The zero-order valence-corrected chi connectivity index (χ0v) is 24.2. The molecule has 212 valence electrons. The summed E-state index contributed by atoms with van der Waals surface area (Å²) in [5.74, 6) is -2.45. The Kier molecular flexibility index (Phi) is 10.7. The lowest BCUT2D eigenvalue weighted by atomic mass is 9.85. The van der Waals surface area contributed by atoms with Gasteiger partial charge < -0.3 is 15.7 Å². The smallest absolute Gasteiger partial charge is 0.304 e. The molecule has 0 aromatic heterocycles. The van der Waals surface area contributed by atoms with E-state index in [1.807, 2.05) is 76.2 Å². The maximum absolute atomic E-state index is 13.3. The van der Waals surface area contributed by atoms with Crippen LogP contribution in [0.4, 0.5) is 0 Å². The van der Waals surface area contributed by atoms with E-state index in [4.69, 9.17) is 0 Å². The van der Waals surface area contributed by atoms with Crippen LogP contribution in [0, 0.1) is 18.3 Å². The van der Waals surface area contributed by atoms with Crippen LogP contribution < -0.4 is 10.6 Å². The molecule has 0 aliphatic heterocycles. The van der Waals surface area contributed by atoms with Crippen molar-refractivity contribution < 1.29 is 19.5 Å². The summed E-state index contributed by atoms with van der Waals surface area (Å²) in [5, 5.41) is 15.4. The number of carbonyl (C=O) groups excluding carboxylic acids is 2. The van der Waals surface area contributed by atoms with Gasteiger partial charge >= 0.3 is 5.97 Å². The van der Waals surface area contributed by atoms with Crippen molar-refractivity contribution in [1.82, 2.24) is 10.6 Å². The lowest BCUT2D eigenvalue weighted by Crippen LogP contribution is -2.55. The summed E-state index contributed by atoms with van der Waals surface area (Å²) < 4.78 is 0. The van der Waals surface area contributed by atoms with E-state index < -0.39 is 29.3 Å². The van der Waals surface area contributed by atoms with Gasteiger partial charge in [-0.05, 0) is 66.3 Å². The van der Waals surface area contributed by atoms with Crippen LogP contribution in [0.3, 0.4) is 0 Å². The van der Waals surface area contributed by atoms with Crippen LogP contribution in [0.15, 0.2) is 78.9 Å². The minimum Gasteiger partial charge on any atom is -0.481 e. The molecule has 0 saturated heterocycles. The number of aryl methyl sites for hydroxylation is 2. The summed E-state index contributed by atoms with van der Waals surface area (Å²) >= 11 is 0. The van der Waals surface area contributed by atoms with Gasteiger partial charge in [-0.1, -0.05) is 99.6 Å². The molecule has 3 aromatic rings. The molecule has 0 aliphatic rings. The van der Waals surface area contributed by atoms with Gasteiger partial charge in [-0.15, -0.1) is 0 Å². The zero-order valence-electron chi connectivity index (χ0n) is 24.2. The number of rotatable bonds is 12. The summed E-state index contributed by atoms with van der Waals surface area (Å²) in [4.78, 5) is 38.2. The van der Waals surface area contributed by atoms with Gasteiger partial charge in [-0.2, -0.15) is 0 Å². The fraction of sp³-hybridized carbons (Fsp3) is 0.382. The van der Waals surface area contributed by atoms with E-state index >= 15 is 0 Å². The third-order valence-corrected chi connectivity index (χ3v) is 7.26. The van der Waals surface area contributed by atoms with Crippen LogP contribution >= 0.6 is 0 Å². The molecule has 3 aromatic carbocycles. The normalized spacial score (nSPS) is 13.6. The van der Waals surface area contributed by atoms with E-state index in [2.05, 4.69) is 47.9 Å². The molecule has 0 fully saturated rings. The van der Waals surface area contributed by atoms with Gasteiger partial charge in [0.2, 0.25) is 11.8 Å². The maximum Gasteiger partial charge on any atom is 0.304 e. The van der Waals surface area contributed by atoms with Crippen molar-refractivity contribution >= 4 is 17.8 Å². The summed E-state index contributed by atoms with van der Waals surface area (Å²) in [5.41, 5.74) is 5.06. The Balaban J connectivity index is 1.65. The minimum atomic E-state index is -1.03. The van der Waals surface area contributed by atoms with E-state index in [0.717, 1.165) is 17.5 Å². The molecule has 40 heavy (non-hydrogen) atoms. The number of carboxylic acid groups (broad SMARTS) is 1. The largest absolute Gasteiger partial charge is 0.481 e. The van der Waals surface area contributed by atoms with Gasteiger partial charge in [-0.25, -0.2) is 0 Å². The highest BCUT2D eigenvalue weighted by molar-refractivity contribution is 5.90. The van der Waals surface area contributed by atoms with Gasteiger partial charge in [0.25, 0.3) is 0 Å². The Morgan fingerprint density at radius 1 is 0.850 bits per heavy atom. The highest BCUT2D eigenvalue weighted by atomic mass is 16.4. The summed E-state index contributed by atoms with van der Waals surface area (Å²) in [6, 6.07) is 25.2. The monoisotopic (exact) mass is 542 g/mol. The number of amides is 2. The van der Waals surface area contributed by atoms with Crippen molar-refractivity contribution in [1.29, 1.82) is 0 Å². The molecule has 0 heterocycles. The van der Waals surface area contributed by atoms with Crippen molar-refractivity contribution in [3.05, 3.63) is 95.6 Å². The van der Waals surface area contributed by atoms with Gasteiger partial charge in [0.15, 0.2) is 0 Å². The highest BCUT2D eigenvalue weighted by Crippen LogP contribution is 2.26. The maximum atomic E-state index is 13.3. The van der Waals surface area contributed by atoms with Crippen molar-refractivity contribution in [2.75, 3.05) is 0 Å². The lowest BCUT2D eigenvalue weighted by molar-refractivity contribution is -0.142. The zero-order chi connectivity index (χ0) is 29.3. The van der Waals surface area contributed by atoms with Crippen molar-refractivity contribution in [3.8, 4) is 11.1 Å². The molecule has 6 nitrogen and oxygen atoms in total. The molecule has 0 bridgehead atoms. The second kappa shape index (κ2) is 13.9. The van der Waals surface area contributed by atoms with Crippen LogP contribution in [-0.2, 0) is 20.8 Å². The number of hydrogen-bond acceptors (Lipinski definition) is 3. The summed E-state index contributed by atoms with van der Waals surface area (Å²) in [6.07, 6.45) is 1.53. The second-order valence-electron chi connectivity index (χ2n) is 11.7. The van der Waals surface area contributed by atoms with Crippen LogP contribution in [-0.4, -0.2) is 28.9 Å². The highest BCUT2D eigenvalue weighted by Gasteiger charge is 2.35. The quantitative estimate of drug-likeness (QED) is 0.244. The first-order valence-corrected chi connectivity index (χ1v) is 14.0. The van der Waals surface area contributed by atoms with Gasteiger partial charge in [-0.3, -0.25) is 14.4 Å². The predicted molar refractivity (Wildman–Crippen MR) is 160 cm³/mol. The molecule has 3 rings (SSSR count). The molecule has 0 saturated carbocycles. The molecule has 3 atom stereocenters. The first kappa shape index (κ1) is 30.6. The number of hydrogen-bond donors (Lipinski definition) is 3. The minimum absolute atomic E-state index is 0.234. The summed E-state index contributed by atoms with van der Waals surface area (Å²) in [6.45, 7) is 9.65. The third kappa shape index (κ3) is 8.80. The molecule has 0 aliphatic carbocycles. The van der Waals surface area contributed by atoms with E-state index in [1.165, 1.54) is 16.7 Å². The molecule has 0 spiro atoms. The Bertz CT molecular complexity index is 1280. The van der Waals surface area contributed by atoms with Gasteiger partial charge in [0, 0.05) is 5.92 Å². The number of carbonyl (C=O) groups is 3. The fourth-order valence-electron chi connectivity index (χ4n) is 4.97. The number of nitrogens with one attached hydrogen (secondary N) is 2. The van der Waals surface area contributed by atoms with E-state index in [1.54, 1.807) is 0 Å². The van der Waals surface area contributed by atoms with E-state index in [9.17, 15) is 19.5 Å². The lowest BCUT2D eigenvalue weighted by Gasteiger charge is -2.32. The summed E-state index contributed by atoms with van der Waals surface area (Å²) in [7, 11) is 0. The number of aliphatic carboxylic acids is 1. The number of carboxylic acids is 1. The van der Waals surface area contributed by atoms with E-state index in [-0.39, 0.29) is 18.4 Å². The molecule has 1 unspecified atom stereocenters. The Labute approximate surface area is 238 Å². The molecule has 0 radical (unpaired) electrons. The van der Waals surface area contributed by atoms with Crippen LogP contribution in [0.5, 0.6) is 0 Å². The van der Waals surface area contributed by atoms with Crippen LogP contribution in [0.1, 0.15) is 69.7 Å². The third-order valence-electron chi connectivity index (χ3n) is 7.26. The Morgan fingerprint density at radius 2 is 1.48 bits per heavy atom. The Morgan fingerprint density at radius 3 is 2.05 bits per heavy atom. The average Bonchev–Trinajstić information content (AvgIpc) is 2.91. The molecular formula is C34H42N2O4. The van der Waals surface area contributed by atoms with Crippen LogP contribution in [0.25, 0.3) is 11.1 Å². The van der Waals surface area contributed by atoms with Crippen molar-refractivity contribution in [3.63, 3.8) is 0 Å². The van der Waals surface area contributed by atoms with E-state index in [0.29, 0.717) is 12.8 Å². The Hall–Kier alpha value is -3.93. The van der Waals surface area contributed by atoms with Crippen LogP contribution in [0.2, 0.25) is 0 Å². The van der Waals surface area contributed by atoms with Crippen molar-refractivity contribution in [2.45, 2.75) is 72.4 Å². The predicted octanol–water partition coefficient (Wildman–Crippen LogP) is 6.48. The molecule has 6 heteroatoms. The van der Waals surface area contributed by atoms with Gasteiger partial charge in [0.1, 0.15) is 6.04 Å². The first-order chi connectivity index (χ1) is 19.0. The average molecular weight is 543 g/mol. The number of benzene rings is 3. The molecular weight excluding hydrogens is 500 g/mol. The second-order valence-corrected chi connectivity index (χ2v) is 11.7. The SMILES string of the molecule is Cc1cc(CCCC(CC(=O)O)C(=O)N[C@H](C(=O)N[C@H](C)c2ccccc2)C(C)(C)C)ccc1-c1ccccc1. The molecule has 3 N–H and O–H groups in total. The van der Waals surface area contributed by atoms with Gasteiger partial charge in [0.05, 0.1) is 12.5 Å². The molecule has 2 amide bonds. The fourth-order valence-corrected chi connectivity index (χ4v) is 4.97. The van der Waals surface area contributed by atoms with Crippen molar-refractivity contribution in [2.24, 2.45) is 11.3 Å².